The van der Waals surface area contributed by atoms with Gasteiger partial charge in [0.25, 0.3) is 0 Å². The monoisotopic (exact) mass is 342 g/mol. The Balaban J connectivity index is 1.86. The molecular weight excluding hydrogens is 324 g/mol. The SMILES string of the molecule is CN(C)C(=O)[C@H](Sc1nncn1Cc1ccco1)c1ccccc1. The Hall–Kier alpha value is -2.54. The first-order valence-electron chi connectivity index (χ1n) is 7.48. The van der Waals surface area contributed by atoms with Crippen LogP contribution in [0.4, 0.5) is 0 Å². The molecule has 0 aliphatic heterocycles. The Labute approximate surface area is 144 Å². The average molecular weight is 342 g/mol. The molecule has 124 valence electrons. The summed E-state index contributed by atoms with van der Waals surface area (Å²) in [7, 11) is 3.51. The highest BCUT2D eigenvalue weighted by atomic mass is 32.2. The minimum atomic E-state index is -0.374. The number of rotatable bonds is 6. The average Bonchev–Trinajstić information content (AvgIpc) is 3.25. The third-order valence-corrected chi connectivity index (χ3v) is 4.71. The molecule has 0 aliphatic rings. The second-order valence-corrected chi connectivity index (χ2v) is 6.53. The van der Waals surface area contributed by atoms with E-state index in [1.54, 1.807) is 31.6 Å². The molecule has 1 aromatic carbocycles. The van der Waals surface area contributed by atoms with Crippen LogP contribution in [0.2, 0.25) is 0 Å². The van der Waals surface area contributed by atoms with Gasteiger partial charge < -0.3 is 13.9 Å². The van der Waals surface area contributed by atoms with E-state index in [1.807, 2.05) is 47.0 Å². The van der Waals surface area contributed by atoms with Gasteiger partial charge in [-0.1, -0.05) is 42.1 Å². The Kier molecular flexibility index (Phi) is 5.00. The molecule has 1 amide bonds. The summed E-state index contributed by atoms with van der Waals surface area (Å²) in [6.07, 6.45) is 3.28. The van der Waals surface area contributed by atoms with E-state index in [9.17, 15) is 4.79 Å². The Bertz CT molecular complexity index is 784. The zero-order valence-corrected chi connectivity index (χ0v) is 14.3. The van der Waals surface area contributed by atoms with E-state index < -0.39 is 0 Å². The van der Waals surface area contributed by atoms with Gasteiger partial charge in [-0.2, -0.15) is 0 Å². The van der Waals surface area contributed by atoms with Crippen molar-refractivity contribution in [3.63, 3.8) is 0 Å². The first kappa shape index (κ1) is 16.3. The maximum Gasteiger partial charge on any atom is 0.240 e. The lowest BCUT2D eigenvalue weighted by atomic mass is 10.1. The van der Waals surface area contributed by atoms with Gasteiger partial charge in [-0.3, -0.25) is 4.79 Å². The van der Waals surface area contributed by atoms with Gasteiger partial charge in [0.2, 0.25) is 5.91 Å². The van der Waals surface area contributed by atoms with Gasteiger partial charge in [0, 0.05) is 14.1 Å². The molecule has 7 heteroatoms. The van der Waals surface area contributed by atoms with Gasteiger partial charge in [0.15, 0.2) is 5.16 Å². The normalized spacial score (nSPS) is 12.1. The zero-order chi connectivity index (χ0) is 16.9. The van der Waals surface area contributed by atoms with E-state index in [0.29, 0.717) is 11.7 Å². The summed E-state index contributed by atoms with van der Waals surface area (Å²) in [5, 5.41) is 8.45. The molecule has 0 aliphatic carbocycles. The largest absolute Gasteiger partial charge is 0.467 e. The lowest BCUT2D eigenvalue weighted by Gasteiger charge is -2.20. The van der Waals surface area contributed by atoms with Crippen LogP contribution in [0.3, 0.4) is 0 Å². The van der Waals surface area contributed by atoms with Crippen molar-refractivity contribution in [3.8, 4) is 0 Å². The Morgan fingerprint density at radius 2 is 2.04 bits per heavy atom. The molecule has 2 aromatic heterocycles. The van der Waals surface area contributed by atoms with Crippen LogP contribution in [-0.4, -0.2) is 39.7 Å². The maximum atomic E-state index is 12.6. The van der Waals surface area contributed by atoms with E-state index in [1.165, 1.54) is 11.8 Å². The van der Waals surface area contributed by atoms with Crippen molar-refractivity contribution < 1.29 is 9.21 Å². The number of furan rings is 1. The van der Waals surface area contributed by atoms with Crippen LogP contribution in [0, 0.1) is 0 Å². The molecule has 0 unspecified atom stereocenters. The number of carbonyl (C=O) groups is 1. The van der Waals surface area contributed by atoms with Crippen LogP contribution in [0.1, 0.15) is 16.6 Å². The molecule has 2 heterocycles. The number of likely N-dealkylation sites (N-methyl/N-ethyl adjacent to an activating group) is 1. The summed E-state index contributed by atoms with van der Waals surface area (Å²) in [6.45, 7) is 0.528. The van der Waals surface area contributed by atoms with Crippen molar-refractivity contribution >= 4 is 17.7 Å². The van der Waals surface area contributed by atoms with Gasteiger partial charge in [0.05, 0.1) is 12.8 Å². The van der Waals surface area contributed by atoms with Crippen LogP contribution in [0.25, 0.3) is 0 Å². The first-order valence-corrected chi connectivity index (χ1v) is 8.36. The number of amides is 1. The van der Waals surface area contributed by atoms with E-state index in [-0.39, 0.29) is 11.2 Å². The van der Waals surface area contributed by atoms with Gasteiger partial charge in [-0.15, -0.1) is 10.2 Å². The molecule has 0 spiro atoms. The van der Waals surface area contributed by atoms with Crippen LogP contribution < -0.4 is 0 Å². The summed E-state index contributed by atoms with van der Waals surface area (Å²) in [6, 6.07) is 13.4. The molecule has 0 saturated heterocycles. The fraction of sp³-hybridized carbons (Fsp3) is 0.235. The molecular formula is C17H18N4O2S. The van der Waals surface area contributed by atoms with Crippen LogP contribution in [-0.2, 0) is 11.3 Å². The molecule has 0 saturated carbocycles. The predicted molar refractivity (Wildman–Crippen MR) is 91.6 cm³/mol. The summed E-state index contributed by atoms with van der Waals surface area (Å²) >= 11 is 1.39. The molecule has 0 fully saturated rings. The van der Waals surface area contributed by atoms with Gasteiger partial charge in [-0.05, 0) is 17.7 Å². The lowest BCUT2D eigenvalue weighted by molar-refractivity contribution is -0.128. The molecule has 0 N–H and O–H groups in total. The second-order valence-electron chi connectivity index (χ2n) is 5.46. The van der Waals surface area contributed by atoms with Gasteiger partial charge in [-0.25, -0.2) is 0 Å². The van der Waals surface area contributed by atoms with Crippen molar-refractivity contribution in [2.75, 3.05) is 14.1 Å². The van der Waals surface area contributed by atoms with Crippen LogP contribution in [0.5, 0.6) is 0 Å². The molecule has 0 radical (unpaired) electrons. The van der Waals surface area contributed by atoms with Crippen molar-refractivity contribution in [1.29, 1.82) is 0 Å². The number of carbonyl (C=O) groups excluding carboxylic acids is 1. The quantitative estimate of drug-likeness (QED) is 0.645. The highest BCUT2D eigenvalue weighted by Gasteiger charge is 2.25. The van der Waals surface area contributed by atoms with Gasteiger partial charge >= 0.3 is 0 Å². The van der Waals surface area contributed by atoms with Crippen LogP contribution >= 0.6 is 11.8 Å². The number of hydrogen-bond donors (Lipinski definition) is 0. The summed E-state index contributed by atoms with van der Waals surface area (Å²) in [4.78, 5) is 14.2. The lowest BCUT2D eigenvalue weighted by Crippen LogP contribution is -2.27. The number of aromatic nitrogens is 3. The molecule has 6 nitrogen and oxygen atoms in total. The summed E-state index contributed by atoms with van der Waals surface area (Å²) < 4.78 is 7.25. The van der Waals surface area contributed by atoms with Crippen molar-refractivity contribution in [1.82, 2.24) is 19.7 Å². The fourth-order valence-corrected chi connectivity index (χ4v) is 3.40. The molecule has 3 rings (SSSR count). The van der Waals surface area contributed by atoms with Gasteiger partial charge in [0.1, 0.15) is 17.3 Å². The molecule has 0 bridgehead atoms. The highest BCUT2D eigenvalue weighted by Crippen LogP contribution is 2.35. The third-order valence-electron chi connectivity index (χ3n) is 3.48. The fourth-order valence-electron chi connectivity index (χ4n) is 2.24. The minimum absolute atomic E-state index is 0.0127. The predicted octanol–water partition coefficient (Wildman–Crippen LogP) is 2.84. The first-order chi connectivity index (χ1) is 11.6. The smallest absolute Gasteiger partial charge is 0.240 e. The maximum absolute atomic E-state index is 12.6. The van der Waals surface area contributed by atoms with Crippen molar-refractivity contribution in [2.45, 2.75) is 17.0 Å². The standard InChI is InChI=1S/C17H18N4O2S/c1-20(2)16(22)15(13-7-4-3-5-8-13)24-17-19-18-12-21(17)11-14-9-6-10-23-14/h3-10,12,15H,11H2,1-2H3/t15-/m1/s1. The van der Waals surface area contributed by atoms with E-state index in [4.69, 9.17) is 4.42 Å². The Morgan fingerprint density at radius 3 is 2.71 bits per heavy atom. The number of nitrogens with zero attached hydrogens (tertiary/aromatic N) is 4. The third kappa shape index (κ3) is 3.68. The van der Waals surface area contributed by atoms with Crippen molar-refractivity contribution in [2.24, 2.45) is 0 Å². The molecule has 1 atom stereocenters. The van der Waals surface area contributed by atoms with E-state index >= 15 is 0 Å². The topological polar surface area (TPSA) is 64.2 Å². The van der Waals surface area contributed by atoms with E-state index in [2.05, 4.69) is 10.2 Å². The second kappa shape index (κ2) is 7.35. The Morgan fingerprint density at radius 1 is 1.25 bits per heavy atom. The number of hydrogen-bond acceptors (Lipinski definition) is 5. The van der Waals surface area contributed by atoms with Crippen molar-refractivity contribution in [3.05, 3.63) is 66.4 Å². The van der Waals surface area contributed by atoms with Crippen LogP contribution in [0.15, 0.2) is 64.6 Å². The molecule has 3 aromatic rings. The summed E-state index contributed by atoms with van der Waals surface area (Å²) in [5.41, 5.74) is 0.939. The minimum Gasteiger partial charge on any atom is -0.467 e. The number of benzene rings is 1. The highest BCUT2D eigenvalue weighted by molar-refractivity contribution is 8.00. The zero-order valence-electron chi connectivity index (χ0n) is 13.5. The number of thioether (sulfide) groups is 1. The van der Waals surface area contributed by atoms with E-state index in [0.717, 1.165) is 11.3 Å². The molecule has 24 heavy (non-hydrogen) atoms. The summed E-state index contributed by atoms with van der Waals surface area (Å²) in [5.74, 6) is 0.825.